The molecule has 0 amide bonds. The summed E-state index contributed by atoms with van der Waals surface area (Å²) >= 11 is 0. The zero-order valence-electron chi connectivity index (χ0n) is 15.2. The number of fused-ring (bicyclic) bond motifs is 2. The second kappa shape index (κ2) is 6.75. The van der Waals surface area contributed by atoms with Gasteiger partial charge < -0.3 is 28.4 Å². The van der Waals surface area contributed by atoms with Gasteiger partial charge in [0.15, 0.2) is 23.0 Å². The number of benzene rings is 2. The lowest BCUT2D eigenvalue weighted by molar-refractivity contribution is -0.138. The molecule has 7 heteroatoms. The lowest BCUT2D eigenvalue weighted by atomic mass is 9.95. The average Bonchev–Trinajstić information content (AvgIpc) is 3.15. The van der Waals surface area contributed by atoms with E-state index in [0.29, 0.717) is 39.9 Å². The molecule has 2 aliphatic rings. The number of hydrogen-bond donors (Lipinski definition) is 0. The summed E-state index contributed by atoms with van der Waals surface area (Å²) in [5.41, 5.74) is 2.63. The third kappa shape index (κ3) is 2.91. The van der Waals surface area contributed by atoms with Crippen molar-refractivity contribution in [2.75, 3.05) is 28.1 Å². The summed E-state index contributed by atoms with van der Waals surface area (Å²) in [6, 6.07) is 7.10. The quantitative estimate of drug-likeness (QED) is 0.605. The van der Waals surface area contributed by atoms with Crippen molar-refractivity contribution in [1.29, 1.82) is 0 Å². The zero-order valence-corrected chi connectivity index (χ0v) is 15.2. The monoisotopic (exact) mass is 370 g/mol. The van der Waals surface area contributed by atoms with Crippen LogP contribution in [0.5, 0.6) is 28.7 Å². The maximum Gasteiger partial charge on any atom is 0.339 e. The predicted octanol–water partition coefficient (Wildman–Crippen LogP) is 3.04. The molecule has 2 aromatic carbocycles. The zero-order chi connectivity index (χ0) is 19.0. The standard InChI is InChI=1S/C20H18O7/c1-22-15-8-19-18(26-10-27-19)5-11(15)4-14-13-7-17(24-3)16(23-2)6-12(13)9-25-20(14)21/h4-8H,9-10H2,1-3H3/b14-4-. The fourth-order valence-electron chi connectivity index (χ4n) is 3.14. The molecular formula is C20H18O7. The number of ether oxygens (including phenoxy) is 6. The highest BCUT2D eigenvalue weighted by atomic mass is 16.7. The molecular weight excluding hydrogens is 352 g/mol. The number of rotatable bonds is 4. The van der Waals surface area contributed by atoms with Gasteiger partial charge in [-0.2, -0.15) is 0 Å². The minimum absolute atomic E-state index is 0.153. The largest absolute Gasteiger partial charge is 0.496 e. The van der Waals surface area contributed by atoms with Crippen LogP contribution in [0.1, 0.15) is 16.7 Å². The van der Waals surface area contributed by atoms with Gasteiger partial charge in [0, 0.05) is 17.2 Å². The Morgan fingerprint density at radius 3 is 2.22 bits per heavy atom. The Morgan fingerprint density at radius 2 is 1.52 bits per heavy atom. The van der Waals surface area contributed by atoms with E-state index in [4.69, 9.17) is 28.4 Å². The van der Waals surface area contributed by atoms with E-state index in [0.717, 1.165) is 11.1 Å². The summed E-state index contributed by atoms with van der Waals surface area (Å²) in [6.07, 6.45) is 1.72. The minimum atomic E-state index is -0.422. The maximum atomic E-state index is 12.5. The van der Waals surface area contributed by atoms with E-state index >= 15 is 0 Å². The van der Waals surface area contributed by atoms with E-state index in [2.05, 4.69) is 0 Å². The van der Waals surface area contributed by atoms with Crippen molar-refractivity contribution >= 4 is 17.6 Å². The van der Waals surface area contributed by atoms with E-state index in [1.807, 2.05) is 6.07 Å². The predicted molar refractivity (Wildman–Crippen MR) is 96.3 cm³/mol. The highest BCUT2D eigenvalue weighted by Gasteiger charge is 2.26. The second-order valence-electron chi connectivity index (χ2n) is 5.95. The molecule has 7 nitrogen and oxygen atoms in total. The number of esters is 1. The number of carbonyl (C=O) groups is 1. The lowest BCUT2D eigenvalue weighted by Crippen LogP contribution is -2.16. The third-order valence-electron chi connectivity index (χ3n) is 4.50. The van der Waals surface area contributed by atoms with Crippen LogP contribution in [0.2, 0.25) is 0 Å². The Bertz CT molecular complexity index is 946. The summed E-state index contributed by atoms with van der Waals surface area (Å²) in [5.74, 6) is 2.46. The molecule has 0 saturated heterocycles. The van der Waals surface area contributed by atoms with Gasteiger partial charge in [-0.3, -0.25) is 0 Å². The first-order valence-electron chi connectivity index (χ1n) is 8.26. The Balaban J connectivity index is 1.86. The van der Waals surface area contributed by atoms with Crippen LogP contribution in [0.15, 0.2) is 24.3 Å². The van der Waals surface area contributed by atoms with E-state index in [1.54, 1.807) is 45.6 Å². The van der Waals surface area contributed by atoms with Gasteiger partial charge in [-0.15, -0.1) is 0 Å². The molecule has 4 rings (SSSR count). The molecule has 0 spiro atoms. The van der Waals surface area contributed by atoms with E-state index in [9.17, 15) is 4.79 Å². The SMILES string of the molecule is COc1cc2c(cc1/C=C1\C(=O)OCc3cc(OC)c(OC)cc31)OCO2. The molecule has 0 unspecified atom stereocenters. The van der Waals surface area contributed by atoms with E-state index in [1.165, 1.54) is 0 Å². The summed E-state index contributed by atoms with van der Waals surface area (Å²) in [5, 5.41) is 0. The van der Waals surface area contributed by atoms with Gasteiger partial charge in [0.25, 0.3) is 0 Å². The van der Waals surface area contributed by atoms with Crippen LogP contribution < -0.4 is 23.7 Å². The molecule has 0 aromatic heterocycles. The van der Waals surface area contributed by atoms with Crippen molar-refractivity contribution in [2.24, 2.45) is 0 Å². The summed E-state index contributed by atoms with van der Waals surface area (Å²) < 4.78 is 32.3. The summed E-state index contributed by atoms with van der Waals surface area (Å²) in [4.78, 5) is 12.5. The van der Waals surface area contributed by atoms with Gasteiger partial charge in [0.05, 0.1) is 26.9 Å². The van der Waals surface area contributed by atoms with Crippen LogP contribution in [0.4, 0.5) is 0 Å². The Morgan fingerprint density at radius 1 is 0.852 bits per heavy atom. The first-order chi connectivity index (χ1) is 13.1. The molecule has 0 N–H and O–H groups in total. The van der Waals surface area contributed by atoms with Gasteiger partial charge in [-0.1, -0.05) is 0 Å². The molecule has 0 fully saturated rings. The van der Waals surface area contributed by atoms with Crippen LogP contribution in [-0.4, -0.2) is 34.1 Å². The van der Waals surface area contributed by atoms with Crippen molar-refractivity contribution in [1.82, 2.24) is 0 Å². The molecule has 0 radical (unpaired) electrons. The fraction of sp³-hybridized carbons (Fsp3) is 0.250. The average molecular weight is 370 g/mol. The van der Waals surface area contributed by atoms with Gasteiger partial charge in [-0.05, 0) is 29.8 Å². The molecule has 27 heavy (non-hydrogen) atoms. The molecule has 2 aliphatic heterocycles. The van der Waals surface area contributed by atoms with Crippen LogP contribution in [0.25, 0.3) is 11.6 Å². The summed E-state index contributed by atoms with van der Waals surface area (Å²) in [7, 11) is 4.67. The molecule has 0 atom stereocenters. The van der Waals surface area contributed by atoms with Crippen LogP contribution in [0, 0.1) is 0 Å². The summed E-state index contributed by atoms with van der Waals surface area (Å²) in [6.45, 7) is 0.324. The van der Waals surface area contributed by atoms with Crippen molar-refractivity contribution in [3.05, 3.63) is 41.0 Å². The van der Waals surface area contributed by atoms with Crippen LogP contribution in [0.3, 0.4) is 0 Å². The Hall–Kier alpha value is -3.35. The normalized spacial score (nSPS) is 16.0. The molecule has 2 heterocycles. The number of methoxy groups -OCH3 is 3. The van der Waals surface area contributed by atoms with Crippen molar-refractivity contribution in [3.8, 4) is 28.7 Å². The lowest BCUT2D eigenvalue weighted by Gasteiger charge is -2.21. The smallest absolute Gasteiger partial charge is 0.339 e. The highest BCUT2D eigenvalue weighted by Crippen LogP contribution is 2.41. The van der Waals surface area contributed by atoms with Gasteiger partial charge in [0.2, 0.25) is 6.79 Å². The van der Waals surface area contributed by atoms with Crippen LogP contribution in [-0.2, 0) is 16.1 Å². The topological polar surface area (TPSA) is 72.5 Å². The number of carbonyl (C=O) groups excluding carboxylic acids is 1. The maximum absolute atomic E-state index is 12.5. The highest BCUT2D eigenvalue weighted by molar-refractivity contribution is 6.23. The van der Waals surface area contributed by atoms with Crippen molar-refractivity contribution < 1.29 is 33.2 Å². The second-order valence-corrected chi connectivity index (χ2v) is 5.95. The molecule has 2 aromatic rings. The first-order valence-corrected chi connectivity index (χ1v) is 8.26. The third-order valence-corrected chi connectivity index (χ3v) is 4.50. The Labute approximate surface area is 156 Å². The Kier molecular flexibility index (Phi) is 4.27. The van der Waals surface area contributed by atoms with Crippen molar-refractivity contribution in [3.63, 3.8) is 0 Å². The molecule has 0 bridgehead atoms. The number of hydrogen-bond acceptors (Lipinski definition) is 7. The van der Waals surface area contributed by atoms with Crippen molar-refractivity contribution in [2.45, 2.75) is 6.61 Å². The van der Waals surface area contributed by atoms with Crippen LogP contribution >= 0.6 is 0 Å². The molecule has 0 aliphatic carbocycles. The van der Waals surface area contributed by atoms with Gasteiger partial charge >= 0.3 is 5.97 Å². The van der Waals surface area contributed by atoms with Gasteiger partial charge in [-0.25, -0.2) is 4.79 Å². The van der Waals surface area contributed by atoms with Gasteiger partial charge in [0.1, 0.15) is 12.4 Å². The minimum Gasteiger partial charge on any atom is -0.496 e. The first kappa shape index (κ1) is 17.1. The number of cyclic esters (lactones) is 1. The van der Waals surface area contributed by atoms with E-state index < -0.39 is 5.97 Å². The fourth-order valence-corrected chi connectivity index (χ4v) is 3.14. The molecule has 140 valence electrons. The van der Waals surface area contributed by atoms with E-state index in [-0.39, 0.29) is 13.4 Å². The molecule has 0 saturated carbocycles.